The number of aromatic nitrogens is 2. The fourth-order valence-corrected chi connectivity index (χ4v) is 1.91. The summed E-state index contributed by atoms with van der Waals surface area (Å²) in [6.45, 7) is 0. The van der Waals surface area contributed by atoms with Crippen LogP contribution in [-0.4, -0.2) is 23.6 Å². The molecule has 2 rings (SSSR count). The maximum absolute atomic E-state index is 4.53. The lowest BCUT2D eigenvalue weighted by Crippen LogP contribution is -2.13. The predicted octanol–water partition coefficient (Wildman–Crippen LogP) is 2.40. The molecule has 0 N–H and O–H groups in total. The molecule has 0 aliphatic carbocycles. The molecule has 0 amide bonds. The summed E-state index contributed by atoms with van der Waals surface area (Å²) < 4.78 is 3.15. The number of imidazole rings is 1. The van der Waals surface area contributed by atoms with Crippen LogP contribution < -0.4 is 4.90 Å². The third kappa shape index (κ3) is 1.39. The average Bonchev–Trinajstić information content (AvgIpc) is 2.43. The van der Waals surface area contributed by atoms with Crippen molar-refractivity contribution in [2.75, 3.05) is 19.0 Å². The molecule has 0 aliphatic heterocycles. The highest BCUT2D eigenvalue weighted by Gasteiger charge is 2.08. The average molecular weight is 254 g/mol. The Morgan fingerprint density at radius 3 is 2.71 bits per heavy atom. The van der Waals surface area contributed by atoms with Crippen molar-refractivity contribution in [3.63, 3.8) is 0 Å². The zero-order valence-electron chi connectivity index (χ0n) is 8.45. The first-order chi connectivity index (χ1) is 6.59. The summed E-state index contributed by atoms with van der Waals surface area (Å²) in [5, 5.41) is 0. The molecule has 14 heavy (non-hydrogen) atoms. The minimum atomic E-state index is 0.970. The van der Waals surface area contributed by atoms with Crippen LogP contribution in [0.2, 0.25) is 0 Å². The van der Waals surface area contributed by atoms with Crippen molar-refractivity contribution >= 4 is 32.9 Å². The minimum Gasteiger partial charge on any atom is -0.348 e. The van der Waals surface area contributed by atoms with Crippen LogP contribution in [0.15, 0.2) is 22.7 Å². The number of benzene rings is 1. The van der Waals surface area contributed by atoms with Gasteiger partial charge in [0.15, 0.2) is 0 Å². The quantitative estimate of drug-likeness (QED) is 0.779. The Morgan fingerprint density at radius 1 is 1.36 bits per heavy atom. The Kier molecular flexibility index (Phi) is 2.23. The molecular weight excluding hydrogens is 242 g/mol. The van der Waals surface area contributed by atoms with Crippen molar-refractivity contribution in [1.82, 2.24) is 9.55 Å². The second-order valence-electron chi connectivity index (χ2n) is 3.50. The molecule has 1 aromatic heterocycles. The first-order valence-corrected chi connectivity index (χ1v) is 5.18. The van der Waals surface area contributed by atoms with Crippen molar-refractivity contribution in [1.29, 1.82) is 0 Å². The van der Waals surface area contributed by atoms with E-state index in [9.17, 15) is 0 Å². The van der Waals surface area contributed by atoms with Crippen LogP contribution in [0.4, 0.5) is 5.95 Å². The van der Waals surface area contributed by atoms with Gasteiger partial charge in [0.1, 0.15) is 0 Å². The van der Waals surface area contributed by atoms with Crippen LogP contribution in [0.1, 0.15) is 0 Å². The zero-order valence-corrected chi connectivity index (χ0v) is 10.0. The number of halogens is 1. The Balaban J connectivity index is 2.73. The van der Waals surface area contributed by atoms with Crippen molar-refractivity contribution in [3.05, 3.63) is 22.7 Å². The molecule has 0 aliphatic rings. The minimum absolute atomic E-state index is 0.970. The summed E-state index contributed by atoms with van der Waals surface area (Å²) in [6, 6.07) is 6.13. The molecule has 1 heterocycles. The fourth-order valence-electron chi connectivity index (χ4n) is 1.56. The van der Waals surface area contributed by atoms with Gasteiger partial charge in [-0.25, -0.2) is 4.98 Å². The third-order valence-corrected chi connectivity index (χ3v) is 2.71. The van der Waals surface area contributed by atoms with Crippen LogP contribution >= 0.6 is 15.9 Å². The van der Waals surface area contributed by atoms with E-state index in [1.54, 1.807) is 0 Å². The fraction of sp³-hybridized carbons (Fsp3) is 0.300. The largest absolute Gasteiger partial charge is 0.348 e. The highest BCUT2D eigenvalue weighted by Crippen LogP contribution is 2.22. The number of fused-ring (bicyclic) bond motifs is 1. The standard InChI is InChI=1S/C10H12BrN3/c1-13(2)10-12-8-6-7(11)4-5-9(8)14(10)3/h4-6H,1-3H3. The molecular formula is C10H12BrN3. The predicted molar refractivity (Wildman–Crippen MR) is 62.7 cm³/mol. The summed E-state index contributed by atoms with van der Waals surface area (Å²) in [6.07, 6.45) is 0. The smallest absolute Gasteiger partial charge is 0.205 e. The van der Waals surface area contributed by atoms with E-state index in [2.05, 4.69) is 31.5 Å². The topological polar surface area (TPSA) is 21.1 Å². The van der Waals surface area contributed by atoms with Crippen LogP contribution in [0, 0.1) is 0 Å². The number of hydrogen-bond donors (Lipinski definition) is 0. The van der Waals surface area contributed by atoms with Gasteiger partial charge in [-0.15, -0.1) is 0 Å². The maximum atomic E-state index is 4.53. The molecule has 0 atom stereocenters. The second kappa shape index (κ2) is 3.28. The van der Waals surface area contributed by atoms with Crippen LogP contribution in [0.3, 0.4) is 0 Å². The zero-order chi connectivity index (χ0) is 10.3. The molecule has 0 saturated carbocycles. The van der Waals surface area contributed by atoms with E-state index in [1.807, 2.05) is 38.2 Å². The van der Waals surface area contributed by atoms with Gasteiger partial charge in [0, 0.05) is 25.6 Å². The van der Waals surface area contributed by atoms with Gasteiger partial charge in [-0.05, 0) is 18.2 Å². The second-order valence-corrected chi connectivity index (χ2v) is 4.41. The van der Waals surface area contributed by atoms with Gasteiger partial charge in [-0.3, -0.25) is 0 Å². The maximum Gasteiger partial charge on any atom is 0.205 e. The van der Waals surface area contributed by atoms with Crippen molar-refractivity contribution in [2.24, 2.45) is 7.05 Å². The molecule has 2 aromatic rings. The Labute approximate surface area is 91.5 Å². The van der Waals surface area contributed by atoms with Crippen molar-refractivity contribution in [3.8, 4) is 0 Å². The Bertz CT molecular complexity index is 473. The van der Waals surface area contributed by atoms with Gasteiger partial charge in [-0.1, -0.05) is 15.9 Å². The van der Waals surface area contributed by atoms with Gasteiger partial charge in [0.2, 0.25) is 5.95 Å². The molecule has 1 aromatic carbocycles. The van der Waals surface area contributed by atoms with E-state index < -0.39 is 0 Å². The van der Waals surface area contributed by atoms with Crippen LogP contribution in [0.5, 0.6) is 0 Å². The SMILES string of the molecule is CN(C)c1nc2cc(Br)ccc2n1C. The molecule has 0 radical (unpaired) electrons. The molecule has 0 saturated heterocycles. The van der Waals surface area contributed by atoms with Gasteiger partial charge >= 0.3 is 0 Å². The highest BCUT2D eigenvalue weighted by atomic mass is 79.9. The van der Waals surface area contributed by atoms with E-state index >= 15 is 0 Å². The summed E-state index contributed by atoms with van der Waals surface area (Å²) in [5.41, 5.74) is 2.17. The Morgan fingerprint density at radius 2 is 2.07 bits per heavy atom. The Hall–Kier alpha value is -1.03. The number of anilines is 1. The first-order valence-electron chi connectivity index (χ1n) is 4.39. The summed E-state index contributed by atoms with van der Waals surface area (Å²) >= 11 is 3.44. The van der Waals surface area contributed by atoms with E-state index in [1.165, 1.54) is 0 Å². The normalized spacial score (nSPS) is 10.9. The molecule has 0 fully saturated rings. The first kappa shape index (κ1) is 9.52. The summed E-state index contributed by atoms with van der Waals surface area (Å²) in [4.78, 5) is 6.54. The number of rotatable bonds is 1. The lowest BCUT2D eigenvalue weighted by molar-refractivity contribution is 0.890. The third-order valence-electron chi connectivity index (χ3n) is 2.22. The van der Waals surface area contributed by atoms with E-state index in [4.69, 9.17) is 0 Å². The van der Waals surface area contributed by atoms with E-state index in [0.717, 1.165) is 21.5 Å². The molecule has 74 valence electrons. The van der Waals surface area contributed by atoms with Gasteiger partial charge in [0.25, 0.3) is 0 Å². The number of aryl methyl sites for hydroxylation is 1. The number of hydrogen-bond acceptors (Lipinski definition) is 2. The summed E-state index contributed by atoms with van der Waals surface area (Å²) in [7, 11) is 6.02. The van der Waals surface area contributed by atoms with Crippen LogP contribution in [-0.2, 0) is 7.05 Å². The molecule has 0 spiro atoms. The van der Waals surface area contributed by atoms with Gasteiger partial charge in [-0.2, -0.15) is 0 Å². The summed E-state index contributed by atoms with van der Waals surface area (Å²) in [5.74, 6) is 0.970. The van der Waals surface area contributed by atoms with Gasteiger partial charge < -0.3 is 9.47 Å². The van der Waals surface area contributed by atoms with Gasteiger partial charge in [0.05, 0.1) is 11.0 Å². The van der Waals surface area contributed by atoms with E-state index in [0.29, 0.717) is 0 Å². The molecule has 4 heteroatoms. The van der Waals surface area contributed by atoms with Crippen LogP contribution in [0.25, 0.3) is 11.0 Å². The molecule has 0 bridgehead atoms. The highest BCUT2D eigenvalue weighted by molar-refractivity contribution is 9.10. The monoisotopic (exact) mass is 253 g/mol. The lowest BCUT2D eigenvalue weighted by Gasteiger charge is -2.10. The lowest BCUT2D eigenvalue weighted by atomic mass is 10.3. The number of nitrogens with zero attached hydrogens (tertiary/aromatic N) is 3. The van der Waals surface area contributed by atoms with Crippen molar-refractivity contribution < 1.29 is 0 Å². The molecule has 3 nitrogen and oxygen atoms in total. The van der Waals surface area contributed by atoms with E-state index in [-0.39, 0.29) is 0 Å². The molecule has 0 unspecified atom stereocenters. The van der Waals surface area contributed by atoms with Crippen molar-refractivity contribution in [2.45, 2.75) is 0 Å².